The third kappa shape index (κ3) is 5.66. The summed E-state index contributed by atoms with van der Waals surface area (Å²) in [6.45, 7) is -0.478. The lowest BCUT2D eigenvalue weighted by atomic mass is 9.83. The van der Waals surface area contributed by atoms with Gasteiger partial charge in [-0.1, -0.05) is 93.8 Å². The Hall–Kier alpha value is -3.00. The molecule has 1 saturated heterocycles. The first-order valence-corrected chi connectivity index (χ1v) is 16.1. The predicted molar refractivity (Wildman–Crippen MR) is 169 cm³/mol. The number of halogens is 7. The highest BCUT2D eigenvalue weighted by atomic mass is 35.5. The SMILES string of the molecule is O=C(Cn1c2c(sc1=O)C(c1cccc(Cl)c1Cl)C1C(=O)N(c3ccccc3C(F)(F)F)C(=O)C1S2)Nc1ccc(Cl)c(Cl)c1. The molecule has 2 aliphatic rings. The maximum absolute atomic E-state index is 14.0. The maximum Gasteiger partial charge on any atom is 0.418 e. The Morgan fingerprint density at radius 2 is 1.62 bits per heavy atom. The van der Waals surface area contributed by atoms with Crippen molar-refractivity contribution in [1.29, 1.82) is 0 Å². The van der Waals surface area contributed by atoms with E-state index >= 15 is 0 Å². The lowest BCUT2D eigenvalue weighted by molar-refractivity contribution is -0.137. The van der Waals surface area contributed by atoms with E-state index in [1.807, 2.05) is 0 Å². The summed E-state index contributed by atoms with van der Waals surface area (Å²) >= 11 is 26.5. The second kappa shape index (κ2) is 12.0. The number of carbonyl (C=O) groups excluding carboxylic acids is 3. The van der Waals surface area contributed by atoms with Crippen molar-refractivity contribution in [3.8, 4) is 0 Å². The van der Waals surface area contributed by atoms with E-state index in [1.165, 1.54) is 30.3 Å². The van der Waals surface area contributed by atoms with Crippen molar-refractivity contribution in [2.45, 2.75) is 28.9 Å². The van der Waals surface area contributed by atoms with E-state index < -0.39 is 63.7 Å². The molecule has 3 unspecified atom stereocenters. The molecule has 6 rings (SSSR count). The van der Waals surface area contributed by atoms with E-state index in [4.69, 9.17) is 46.4 Å². The number of imide groups is 1. The lowest BCUT2D eigenvalue weighted by Gasteiger charge is -2.31. The first-order chi connectivity index (χ1) is 21.3. The van der Waals surface area contributed by atoms with Crippen molar-refractivity contribution in [2.24, 2.45) is 5.92 Å². The Labute approximate surface area is 280 Å². The van der Waals surface area contributed by atoms with E-state index in [-0.39, 0.29) is 25.1 Å². The van der Waals surface area contributed by atoms with E-state index in [2.05, 4.69) is 5.32 Å². The summed E-state index contributed by atoms with van der Waals surface area (Å²) in [5.41, 5.74) is -1.13. The number of thioether (sulfide) groups is 1. The highest BCUT2D eigenvalue weighted by Crippen LogP contribution is 2.56. The average Bonchev–Trinajstić information content (AvgIpc) is 3.42. The fourth-order valence-electron chi connectivity index (χ4n) is 5.41. The van der Waals surface area contributed by atoms with Crippen LogP contribution in [0.5, 0.6) is 0 Å². The monoisotopic (exact) mass is 731 g/mol. The Morgan fingerprint density at radius 3 is 2.33 bits per heavy atom. The molecule has 2 aliphatic heterocycles. The van der Waals surface area contributed by atoms with Crippen LogP contribution in [0.3, 0.4) is 0 Å². The van der Waals surface area contributed by atoms with Gasteiger partial charge in [-0.15, -0.1) is 0 Å². The second-order valence-corrected chi connectivity index (χ2v) is 13.7. The molecular weight excluding hydrogens is 717 g/mol. The Morgan fingerprint density at radius 1 is 0.889 bits per heavy atom. The number of nitrogens with one attached hydrogen (secondary N) is 1. The van der Waals surface area contributed by atoms with Crippen LogP contribution in [0.1, 0.15) is 21.9 Å². The number of anilines is 2. The number of benzene rings is 3. The molecule has 1 N–H and O–H groups in total. The fraction of sp³-hybridized carbons (Fsp3) is 0.172. The van der Waals surface area contributed by atoms with Crippen molar-refractivity contribution < 1.29 is 27.6 Å². The zero-order valence-corrected chi connectivity index (χ0v) is 26.9. The molecule has 3 aromatic carbocycles. The lowest BCUT2D eigenvalue weighted by Crippen LogP contribution is -2.33. The number of thiazole rings is 1. The number of para-hydroxylation sites is 1. The summed E-state index contributed by atoms with van der Waals surface area (Å²) < 4.78 is 43.1. The van der Waals surface area contributed by atoms with Crippen LogP contribution in [0.25, 0.3) is 0 Å². The van der Waals surface area contributed by atoms with Gasteiger partial charge in [0.05, 0.1) is 42.3 Å². The van der Waals surface area contributed by atoms with Gasteiger partial charge in [0.25, 0.3) is 0 Å². The Kier molecular flexibility index (Phi) is 8.51. The molecule has 1 aromatic heterocycles. The molecule has 0 saturated carbocycles. The molecule has 7 nitrogen and oxygen atoms in total. The summed E-state index contributed by atoms with van der Waals surface area (Å²) in [6.07, 6.45) is -4.85. The van der Waals surface area contributed by atoms with Crippen LogP contribution < -0.4 is 15.1 Å². The van der Waals surface area contributed by atoms with E-state index in [0.29, 0.717) is 21.0 Å². The van der Waals surface area contributed by atoms with Gasteiger partial charge < -0.3 is 5.32 Å². The summed E-state index contributed by atoms with van der Waals surface area (Å²) in [7, 11) is 0. The van der Waals surface area contributed by atoms with Crippen LogP contribution in [0.15, 0.2) is 70.5 Å². The largest absolute Gasteiger partial charge is 0.418 e. The Balaban J connectivity index is 1.45. The molecule has 3 heterocycles. The number of aromatic nitrogens is 1. The standard InChI is InChI=1S/C29H16Cl4F3N3O4S2/c30-15-9-8-12(10-17(15)32)37-19(40)11-38-27-24(45-28(38)43)20(13-4-3-6-16(31)22(13)33)21-23(44-27)26(42)39(25(21)41)18-7-2-1-5-14(18)29(34,35)36/h1-10,20-21,23H,11H2,(H,37,40). The number of carbonyl (C=O) groups is 3. The number of alkyl halides is 3. The molecule has 4 aromatic rings. The Bertz CT molecular complexity index is 1970. The van der Waals surface area contributed by atoms with Gasteiger partial charge in [0.15, 0.2) is 0 Å². The van der Waals surface area contributed by atoms with E-state index in [0.717, 1.165) is 45.9 Å². The summed E-state index contributed by atoms with van der Waals surface area (Å²) in [6, 6.07) is 13.4. The number of hydrogen-bond acceptors (Lipinski definition) is 6. The normalized spacial score (nSPS) is 19.4. The van der Waals surface area contributed by atoms with E-state index in [9.17, 15) is 32.3 Å². The van der Waals surface area contributed by atoms with Crippen LogP contribution in [0.2, 0.25) is 20.1 Å². The highest BCUT2D eigenvalue weighted by Gasteiger charge is 2.58. The van der Waals surface area contributed by atoms with Gasteiger partial charge in [-0.3, -0.25) is 23.7 Å². The minimum atomic E-state index is -4.85. The minimum Gasteiger partial charge on any atom is -0.324 e. The minimum absolute atomic E-state index is 0.0555. The molecule has 0 bridgehead atoms. The molecule has 3 atom stereocenters. The van der Waals surface area contributed by atoms with Crippen LogP contribution in [0.4, 0.5) is 24.5 Å². The van der Waals surface area contributed by atoms with Gasteiger partial charge in [-0.05, 0) is 42.0 Å². The zero-order valence-electron chi connectivity index (χ0n) is 22.2. The third-order valence-electron chi connectivity index (χ3n) is 7.32. The molecule has 3 amide bonds. The van der Waals surface area contributed by atoms with Crippen molar-refractivity contribution in [3.63, 3.8) is 0 Å². The van der Waals surface area contributed by atoms with Gasteiger partial charge >= 0.3 is 11.0 Å². The topological polar surface area (TPSA) is 88.5 Å². The van der Waals surface area contributed by atoms with Crippen LogP contribution in [-0.2, 0) is 27.1 Å². The molecule has 232 valence electrons. The van der Waals surface area contributed by atoms with Gasteiger partial charge in [0.2, 0.25) is 17.7 Å². The van der Waals surface area contributed by atoms with Crippen molar-refractivity contribution in [3.05, 3.63) is 106 Å². The van der Waals surface area contributed by atoms with Gasteiger partial charge in [-0.25, -0.2) is 4.90 Å². The van der Waals surface area contributed by atoms with E-state index in [1.54, 1.807) is 12.1 Å². The van der Waals surface area contributed by atoms with Crippen molar-refractivity contribution in [2.75, 3.05) is 10.2 Å². The van der Waals surface area contributed by atoms with Crippen LogP contribution in [0, 0.1) is 5.92 Å². The molecule has 0 spiro atoms. The first-order valence-electron chi connectivity index (χ1n) is 12.9. The molecule has 0 aliphatic carbocycles. The first kappa shape index (κ1) is 32.0. The van der Waals surface area contributed by atoms with Gasteiger partial charge in [0.1, 0.15) is 11.8 Å². The molecule has 1 fully saturated rings. The summed E-state index contributed by atoms with van der Waals surface area (Å²) in [5.74, 6) is -4.65. The van der Waals surface area contributed by atoms with Crippen LogP contribution >= 0.6 is 69.5 Å². The molecule has 45 heavy (non-hydrogen) atoms. The number of rotatable bonds is 5. The molecular formula is C29H16Cl4F3N3O4S2. The number of nitrogens with zero attached hydrogens (tertiary/aromatic N) is 2. The molecule has 0 radical (unpaired) electrons. The van der Waals surface area contributed by atoms with Gasteiger partial charge in [0, 0.05) is 16.5 Å². The maximum atomic E-state index is 14.0. The average molecular weight is 733 g/mol. The quantitative estimate of drug-likeness (QED) is 0.210. The number of hydrogen-bond donors (Lipinski definition) is 1. The fourth-order valence-corrected chi connectivity index (χ4v) is 8.90. The number of fused-ring (bicyclic) bond motifs is 2. The zero-order chi connectivity index (χ0) is 32.4. The van der Waals surface area contributed by atoms with Crippen molar-refractivity contribution in [1.82, 2.24) is 4.57 Å². The summed E-state index contributed by atoms with van der Waals surface area (Å²) in [4.78, 5) is 54.6. The molecule has 16 heteroatoms. The van der Waals surface area contributed by atoms with Crippen LogP contribution in [-0.4, -0.2) is 27.5 Å². The van der Waals surface area contributed by atoms with Gasteiger partial charge in [-0.2, -0.15) is 13.2 Å². The van der Waals surface area contributed by atoms with Crippen molar-refractivity contribution >= 4 is 98.6 Å². The summed E-state index contributed by atoms with van der Waals surface area (Å²) in [5, 5.41) is 2.26. The predicted octanol–water partition coefficient (Wildman–Crippen LogP) is 7.98. The number of amides is 3. The smallest absolute Gasteiger partial charge is 0.324 e. The third-order valence-corrected chi connectivity index (χ3v) is 11.5. The highest BCUT2D eigenvalue weighted by molar-refractivity contribution is 8.00. The second-order valence-electron chi connectivity index (χ2n) is 10.0.